The van der Waals surface area contributed by atoms with Crippen molar-refractivity contribution in [2.75, 3.05) is 5.75 Å². The summed E-state index contributed by atoms with van der Waals surface area (Å²) in [5, 5.41) is 0. The molecule has 7 heteroatoms. The molecular weight excluding hydrogens is 267 g/mol. The Bertz CT molecular complexity index is 536. The van der Waals surface area contributed by atoms with Crippen LogP contribution in [0.1, 0.15) is 37.9 Å². The highest BCUT2D eigenvalue weighted by molar-refractivity contribution is 7.91. The largest absolute Gasteiger partial charge is 0.417 e. The third kappa shape index (κ3) is 3.01. The number of hydrogen-bond donors (Lipinski definition) is 0. The highest BCUT2D eigenvalue weighted by atomic mass is 32.2. The van der Waals surface area contributed by atoms with Gasteiger partial charge in [0.15, 0.2) is 9.84 Å². The Labute approximate surface area is 104 Å². The van der Waals surface area contributed by atoms with Gasteiger partial charge in [-0.3, -0.25) is 4.98 Å². The number of aromatic nitrogens is 1. The number of rotatable bonds is 3. The Balaban J connectivity index is 3.53. The third-order valence-corrected chi connectivity index (χ3v) is 4.23. The molecule has 0 aromatic carbocycles. The molecule has 0 radical (unpaired) electrons. The average molecular weight is 281 g/mol. The number of sulfone groups is 1. The second-order valence-electron chi connectivity index (χ2n) is 4.16. The van der Waals surface area contributed by atoms with E-state index >= 15 is 0 Å². The minimum Gasteiger partial charge on any atom is -0.259 e. The molecule has 0 atom stereocenters. The smallest absolute Gasteiger partial charge is 0.259 e. The second-order valence-corrected chi connectivity index (χ2v) is 6.41. The van der Waals surface area contributed by atoms with E-state index in [0.717, 1.165) is 0 Å². The van der Waals surface area contributed by atoms with Crippen molar-refractivity contribution >= 4 is 9.84 Å². The molecule has 1 rings (SSSR count). The predicted octanol–water partition coefficient (Wildman–Crippen LogP) is 3.02. The summed E-state index contributed by atoms with van der Waals surface area (Å²) in [6, 6.07) is 0.668. The molecule has 0 saturated heterocycles. The molecule has 0 fully saturated rings. The minimum atomic E-state index is -4.60. The van der Waals surface area contributed by atoms with Crippen molar-refractivity contribution in [1.82, 2.24) is 4.98 Å². The summed E-state index contributed by atoms with van der Waals surface area (Å²) in [6.07, 6.45) is -3.93. The fourth-order valence-corrected chi connectivity index (χ4v) is 2.67. The van der Waals surface area contributed by atoms with Crippen LogP contribution < -0.4 is 0 Å². The van der Waals surface area contributed by atoms with Crippen LogP contribution in [0.25, 0.3) is 0 Å². The van der Waals surface area contributed by atoms with E-state index < -0.39 is 21.6 Å². The Hall–Kier alpha value is -1.11. The molecule has 0 saturated carbocycles. The molecule has 1 heterocycles. The van der Waals surface area contributed by atoms with Crippen molar-refractivity contribution in [2.24, 2.45) is 0 Å². The van der Waals surface area contributed by atoms with Crippen LogP contribution in [0.4, 0.5) is 13.2 Å². The molecule has 0 amide bonds. The van der Waals surface area contributed by atoms with Crippen LogP contribution in [0.2, 0.25) is 0 Å². The highest BCUT2D eigenvalue weighted by Crippen LogP contribution is 2.32. The monoisotopic (exact) mass is 281 g/mol. The van der Waals surface area contributed by atoms with Gasteiger partial charge < -0.3 is 0 Å². The Kier molecular flexibility index (Phi) is 4.05. The highest BCUT2D eigenvalue weighted by Gasteiger charge is 2.33. The van der Waals surface area contributed by atoms with Crippen LogP contribution in [0.5, 0.6) is 0 Å². The molecule has 0 aliphatic rings. The predicted molar refractivity (Wildman–Crippen MR) is 61.1 cm³/mol. The maximum Gasteiger partial charge on any atom is 0.417 e. The zero-order chi connectivity index (χ0) is 14.1. The summed E-state index contributed by atoms with van der Waals surface area (Å²) < 4.78 is 61.3. The summed E-state index contributed by atoms with van der Waals surface area (Å²) in [5.74, 6) is -0.515. The van der Waals surface area contributed by atoms with Crippen molar-refractivity contribution in [2.45, 2.75) is 37.8 Å². The Morgan fingerprint density at radius 3 is 2.28 bits per heavy atom. The van der Waals surface area contributed by atoms with Crippen molar-refractivity contribution in [3.8, 4) is 0 Å². The van der Waals surface area contributed by atoms with Crippen molar-refractivity contribution < 1.29 is 21.6 Å². The number of alkyl halides is 3. The molecule has 1 aromatic rings. The zero-order valence-corrected chi connectivity index (χ0v) is 11.1. The van der Waals surface area contributed by atoms with Gasteiger partial charge in [-0.25, -0.2) is 8.42 Å². The van der Waals surface area contributed by atoms with Crippen molar-refractivity contribution in [3.63, 3.8) is 0 Å². The summed E-state index contributed by atoms with van der Waals surface area (Å²) in [6.45, 7) is 4.76. The quantitative estimate of drug-likeness (QED) is 0.855. The fraction of sp³-hybridized carbons (Fsp3) is 0.545. The van der Waals surface area contributed by atoms with E-state index in [1.54, 1.807) is 13.8 Å². The summed E-state index contributed by atoms with van der Waals surface area (Å²) >= 11 is 0. The lowest BCUT2D eigenvalue weighted by atomic mass is 10.1. The number of halogens is 3. The second kappa shape index (κ2) is 4.87. The first-order valence-electron chi connectivity index (χ1n) is 5.39. The van der Waals surface area contributed by atoms with E-state index in [9.17, 15) is 21.6 Å². The van der Waals surface area contributed by atoms with E-state index in [1.807, 2.05) is 0 Å². The maximum atomic E-state index is 12.6. The standard InChI is InChI=1S/C11H14F3NO2S/c1-4-18(16,17)9-5-8(11(12,13)14)6-15-10(9)7(2)3/h5-7H,4H2,1-3H3. The normalized spacial score (nSPS) is 13.1. The number of pyridine rings is 1. The molecule has 0 unspecified atom stereocenters. The Morgan fingerprint density at radius 1 is 1.33 bits per heavy atom. The van der Waals surface area contributed by atoms with Gasteiger partial charge in [0.1, 0.15) is 0 Å². The van der Waals surface area contributed by atoms with Gasteiger partial charge >= 0.3 is 6.18 Å². The number of nitrogens with zero attached hydrogens (tertiary/aromatic N) is 1. The van der Waals surface area contributed by atoms with Crippen LogP contribution in [-0.2, 0) is 16.0 Å². The molecule has 0 bridgehead atoms. The first-order valence-corrected chi connectivity index (χ1v) is 7.04. The SMILES string of the molecule is CCS(=O)(=O)c1cc(C(F)(F)F)cnc1C(C)C. The topological polar surface area (TPSA) is 47.0 Å². The van der Waals surface area contributed by atoms with E-state index in [-0.39, 0.29) is 22.3 Å². The van der Waals surface area contributed by atoms with E-state index in [0.29, 0.717) is 12.3 Å². The van der Waals surface area contributed by atoms with Crippen LogP contribution in [0.15, 0.2) is 17.2 Å². The van der Waals surface area contributed by atoms with Crippen LogP contribution in [-0.4, -0.2) is 19.2 Å². The van der Waals surface area contributed by atoms with Gasteiger partial charge in [0.05, 0.1) is 21.9 Å². The summed E-state index contributed by atoms with van der Waals surface area (Å²) in [5.41, 5.74) is -0.872. The van der Waals surface area contributed by atoms with Gasteiger partial charge in [0, 0.05) is 6.20 Å². The fourth-order valence-electron chi connectivity index (χ4n) is 1.45. The van der Waals surface area contributed by atoms with Crippen LogP contribution in [0, 0.1) is 0 Å². The third-order valence-electron chi connectivity index (χ3n) is 2.47. The molecule has 3 nitrogen and oxygen atoms in total. The zero-order valence-electron chi connectivity index (χ0n) is 10.2. The summed E-state index contributed by atoms with van der Waals surface area (Å²) in [7, 11) is -3.72. The van der Waals surface area contributed by atoms with Gasteiger partial charge in [0.25, 0.3) is 0 Å². The van der Waals surface area contributed by atoms with Crippen molar-refractivity contribution in [3.05, 3.63) is 23.5 Å². The van der Waals surface area contributed by atoms with Gasteiger partial charge in [-0.1, -0.05) is 20.8 Å². The molecule has 1 aromatic heterocycles. The average Bonchev–Trinajstić information content (AvgIpc) is 2.27. The lowest BCUT2D eigenvalue weighted by molar-refractivity contribution is -0.138. The minimum absolute atomic E-state index is 0.171. The molecule has 102 valence electrons. The maximum absolute atomic E-state index is 12.6. The molecule has 18 heavy (non-hydrogen) atoms. The van der Waals surface area contributed by atoms with E-state index in [2.05, 4.69) is 4.98 Å². The molecule has 0 spiro atoms. The molecule has 0 aliphatic carbocycles. The van der Waals surface area contributed by atoms with Gasteiger partial charge in [-0.05, 0) is 12.0 Å². The molecule has 0 N–H and O–H groups in total. The Morgan fingerprint density at radius 2 is 1.89 bits per heavy atom. The molecule has 0 aliphatic heterocycles. The van der Waals surface area contributed by atoms with Crippen molar-refractivity contribution in [1.29, 1.82) is 0 Å². The summed E-state index contributed by atoms with van der Waals surface area (Å²) in [4.78, 5) is 3.34. The number of hydrogen-bond acceptors (Lipinski definition) is 3. The lowest BCUT2D eigenvalue weighted by Gasteiger charge is -2.14. The lowest BCUT2D eigenvalue weighted by Crippen LogP contribution is -2.14. The van der Waals surface area contributed by atoms with E-state index in [4.69, 9.17) is 0 Å². The molecular formula is C11H14F3NO2S. The van der Waals surface area contributed by atoms with Gasteiger partial charge in [0.2, 0.25) is 0 Å². The van der Waals surface area contributed by atoms with E-state index in [1.165, 1.54) is 6.92 Å². The first kappa shape index (κ1) is 14.9. The van der Waals surface area contributed by atoms with Gasteiger partial charge in [-0.2, -0.15) is 13.2 Å². The van der Waals surface area contributed by atoms with Crippen LogP contribution >= 0.6 is 0 Å². The first-order chi connectivity index (χ1) is 8.09. The van der Waals surface area contributed by atoms with Crippen LogP contribution in [0.3, 0.4) is 0 Å². The van der Waals surface area contributed by atoms with Gasteiger partial charge in [-0.15, -0.1) is 0 Å².